The van der Waals surface area contributed by atoms with Crippen LogP contribution in [-0.2, 0) is 0 Å². The standard InChI is InChI=1S/C21H23F2NO3/c1-2-9-21(26)10-12-24(13-11-21)20(25)15-3-6-17(7-4-15)27-19-8-5-16(22)14-18(19)23/h3-8,14,26H,2,9-13H2,1H3. The molecule has 0 bridgehead atoms. The lowest BCUT2D eigenvalue weighted by atomic mass is 9.87. The number of ether oxygens (including phenoxy) is 1. The summed E-state index contributed by atoms with van der Waals surface area (Å²) >= 11 is 0. The van der Waals surface area contributed by atoms with Crippen molar-refractivity contribution in [2.24, 2.45) is 0 Å². The number of hydrogen-bond donors (Lipinski definition) is 1. The fourth-order valence-corrected chi connectivity index (χ4v) is 3.37. The van der Waals surface area contributed by atoms with Crippen LogP contribution in [0.15, 0.2) is 42.5 Å². The zero-order valence-corrected chi connectivity index (χ0v) is 15.3. The molecular weight excluding hydrogens is 352 g/mol. The van der Waals surface area contributed by atoms with Crippen LogP contribution in [0.1, 0.15) is 43.0 Å². The van der Waals surface area contributed by atoms with Gasteiger partial charge in [-0.3, -0.25) is 4.79 Å². The lowest BCUT2D eigenvalue weighted by Gasteiger charge is -2.38. The largest absolute Gasteiger partial charge is 0.454 e. The van der Waals surface area contributed by atoms with E-state index in [4.69, 9.17) is 4.74 Å². The predicted octanol–water partition coefficient (Wildman–Crippen LogP) is 4.52. The van der Waals surface area contributed by atoms with Crippen LogP contribution in [-0.4, -0.2) is 34.6 Å². The molecule has 1 N–H and O–H groups in total. The summed E-state index contributed by atoms with van der Waals surface area (Å²) in [5.74, 6) is -1.29. The average Bonchev–Trinajstić information content (AvgIpc) is 2.65. The van der Waals surface area contributed by atoms with Crippen LogP contribution in [0.2, 0.25) is 0 Å². The summed E-state index contributed by atoms with van der Waals surface area (Å²) in [6.45, 7) is 3.08. The molecule has 6 heteroatoms. The van der Waals surface area contributed by atoms with Gasteiger partial charge in [0.15, 0.2) is 11.6 Å². The highest BCUT2D eigenvalue weighted by atomic mass is 19.1. The van der Waals surface area contributed by atoms with Crippen LogP contribution >= 0.6 is 0 Å². The highest BCUT2D eigenvalue weighted by molar-refractivity contribution is 5.94. The molecule has 2 aromatic rings. The van der Waals surface area contributed by atoms with Gasteiger partial charge in [-0.1, -0.05) is 13.3 Å². The SMILES string of the molecule is CCCC1(O)CCN(C(=O)c2ccc(Oc3ccc(F)cc3F)cc2)CC1. The van der Waals surface area contributed by atoms with Crippen molar-refractivity contribution in [2.75, 3.05) is 13.1 Å². The molecule has 144 valence electrons. The molecule has 2 aromatic carbocycles. The molecule has 0 saturated carbocycles. The first-order valence-electron chi connectivity index (χ1n) is 9.15. The quantitative estimate of drug-likeness (QED) is 0.836. The van der Waals surface area contributed by atoms with Gasteiger partial charge in [0.1, 0.15) is 11.6 Å². The Morgan fingerprint density at radius 3 is 2.41 bits per heavy atom. The van der Waals surface area contributed by atoms with Crippen LogP contribution in [0.5, 0.6) is 11.5 Å². The monoisotopic (exact) mass is 375 g/mol. The van der Waals surface area contributed by atoms with E-state index in [0.29, 0.717) is 37.2 Å². The first-order chi connectivity index (χ1) is 12.9. The lowest BCUT2D eigenvalue weighted by molar-refractivity contribution is -0.0233. The van der Waals surface area contributed by atoms with Crippen molar-refractivity contribution in [1.29, 1.82) is 0 Å². The maximum atomic E-state index is 13.7. The fourth-order valence-electron chi connectivity index (χ4n) is 3.37. The van der Waals surface area contributed by atoms with E-state index in [-0.39, 0.29) is 11.7 Å². The third-order valence-corrected chi connectivity index (χ3v) is 4.92. The van der Waals surface area contributed by atoms with Gasteiger partial charge in [-0.05, 0) is 55.7 Å². The van der Waals surface area contributed by atoms with E-state index in [1.54, 1.807) is 29.2 Å². The molecule has 1 saturated heterocycles. The van der Waals surface area contributed by atoms with E-state index in [0.717, 1.165) is 25.0 Å². The third kappa shape index (κ3) is 4.63. The first-order valence-corrected chi connectivity index (χ1v) is 9.15. The minimum absolute atomic E-state index is 0.0817. The molecule has 1 aliphatic heterocycles. The molecule has 1 aliphatic rings. The van der Waals surface area contributed by atoms with Gasteiger partial charge in [-0.2, -0.15) is 0 Å². The molecule has 0 unspecified atom stereocenters. The number of benzene rings is 2. The Balaban J connectivity index is 1.62. The van der Waals surface area contributed by atoms with Crippen LogP contribution < -0.4 is 4.74 Å². The summed E-state index contributed by atoms with van der Waals surface area (Å²) in [5, 5.41) is 10.4. The molecule has 0 atom stereocenters. The van der Waals surface area contributed by atoms with Crippen molar-refractivity contribution in [3.05, 3.63) is 59.7 Å². The summed E-state index contributed by atoms with van der Waals surface area (Å²) < 4.78 is 32.0. The number of carbonyl (C=O) groups is 1. The molecule has 0 aliphatic carbocycles. The smallest absolute Gasteiger partial charge is 0.253 e. The van der Waals surface area contributed by atoms with Crippen molar-refractivity contribution in [2.45, 2.75) is 38.2 Å². The second kappa shape index (κ2) is 8.05. The second-order valence-electron chi connectivity index (χ2n) is 6.97. The Labute approximate surface area is 157 Å². The Bertz CT molecular complexity index is 800. The zero-order chi connectivity index (χ0) is 19.4. The Morgan fingerprint density at radius 1 is 1.15 bits per heavy atom. The van der Waals surface area contributed by atoms with Crippen LogP contribution in [0.4, 0.5) is 8.78 Å². The van der Waals surface area contributed by atoms with Crippen LogP contribution in [0, 0.1) is 11.6 Å². The molecule has 0 spiro atoms. The van der Waals surface area contributed by atoms with Crippen molar-refractivity contribution in [3.8, 4) is 11.5 Å². The van der Waals surface area contributed by atoms with E-state index in [9.17, 15) is 18.7 Å². The fraction of sp³-hybridized carbons (Fsp3) is 0.381. The van der Waals surface area contributed by atoms with Crippen molar-refractivity contribution >= 4 is 5.91 Å². The van der Waals surface area contributed by atoms with Crippen LogP contribution in [0.25, 0.3) is 0 Å². The summed E-state index contributed by atoms with van der Waals surface area (Å²) in [6.07, 6.45) is 2.83. The Hall–Kier alpha value is -2.47. The zero-order valence-electron chi connectivity index (χ0n) is 15.3. The molecule has 1 heterocycles. The molecule has 1 fully saturated rings. The summed E-state index contributed by atoms with van der Waals surface area (Å²) in [7, 11) is 0. The van der Waals surface area contributed by atoms with Crippen molar-refractivity contribution in [1.82, 2.24) is 4.90 Å². The minimum atomic E-state index is -0.789. The molecule has 0 radical (unpaired) electrons. The Kier molecular flexibility index (Phi) is 5.75. The third-order valence-electron chi connectivity index (χ3n) is 4.92. The van der Waals surface area contributed by atoms with Gasteiger partial charge in [0.2, 0.25) is 0 Å². The minimum Gasteiger partial charge on any atom is -0.454 e. The number of aliphatic hydroxyl groups is 1. The highest BCUT2D eigenvalue weighted by Gasteiger charge is 2.33. The maximum absolute atomic E-state index is 13.7. The number of carbonyl (C=O) groups excluding carboxylic acids is 1. The van der Waals surface area contributed by atoms with Crippen molar-refractivity contribution < 1.29 is 23.4 Å². The highest BCUT2D eigenvalue weighted by Crippen LogP contribution is 2.28. The number of piperidine rings is 1. The van der Waals surface area contributed by atoms with E-state index in [2.05, 4.69) is 0 Å². The summed E-state index contributed by atoms with van der Waals surface area (Å²) in [5.41, 5.74) is -0.162. The van der Waals surface area contributed by atoms with E-state index < -0.39 is 17.2 Å². The van der Waals surface area contributed by atoms with Gasteiger partial charge in [0.05, 0.1) is 5.60 Å². The number of likely N-dealkylation sites (tertiary alicyclic amines) is 1. The molecule has 4 nitrogen and oxygen atoms in total. The number of amides is 1. The number of rotatable bonds is 5. The molecule has 27 heavy (non-hydrogen) atoms. The van der Waals surface area contributed by atoms with Gasteiger partial charge < -0.3 is 14.7 Å². The topological polar surface area (TPSA) is 49.8 Å². The van der Waals surface area contributed by atoms with Gasteiger partial charge in [0.25, 0.3) is 5.91 Å². The molecule has 1 amide bonds. The number of halogens is 2. The first kappa shape index (κ1) is 19.3. The van der Waals surface area contributed by atoms with Crippen molar-refractivity contribution in [3.63, 3.8) is 0 Å². The van der Waals surface area contributed by atoms with Gasteiger partial charge in [-0.25, -0.2) is 8.78 Å². The maximum Gasteiger partial charge on any atom is 0.253 e. The van der Waals surface area contributed by atoms with E-state index in [1.165, 1.54) is 6.07 Å². The van der Waals surface area contributed by atoms with Gasteiger partial charge >= 0.3 is 0 Å². The molecule has 0 aromatic heterocycles. The van der Waals surface area contributed by atoms with Crippen LogP contribution in [0.3, 0.4) is 0 Å². The van der Waals surface area contributed by atoms with E-state index in [1.807, 2.05) is 6.92 Å². The number of nitrogens with zero attached hydrogens (tertiary/aromatic N) is 1. The summed E-state index contributed by atoms with van der Waals surface area (Å²) in [6, 6.07) is 9.48. The Morgan fingerprint density at radius 2 is 1.81 bits per heavy atom. The summed E-state index contributed by atoms with van der Waals surface area (Å²) in [4.78, 5) is 14.4. The van der Waals surface area contributed by atoms with E-state index >= 15 is 0 Å². The predicted molar refractivity (Wildman–Crippen MR) is 97.9 cm³/mol. The lowest BCUT2D eigenvalue weighted by Crippen LogP contribution is -2.46. The normalized spacial score (nSPS) is 16.2. The molecular formula is C21H23F2NO3. The number of hydrogen-bond acceptors (Lipinski definition) is 3. The molecule has 3 rings (SSSR count). The second-order valence-corrected chi connectivity index (χ2v) is 6.97. The van der Waals surface area contributed by atoms with Gasteiger partial charge in [-0.15, -0.1) is 0 Å². The average molecular weight is 375 g/mol. The van der Waals surface area contributed by atoms with Gasteiger partial charge in [0, 0.05) is 24.7 Å².